The summed E-state index contributed by atoms with van der Waals surface area (Å²) in [6.07, 6.45) is 2.34. The molecule has 1 saturated carbocycles. The van der Waals surface area contributed by atoms with E-state index in [-0.39, 0.29) is 12.0 Å². The third kappa shape index (κ3) is 2.48. The Bertz CT molecular complexity index is 455. The maximum absolute atomic E-state index is 12.0. The zero-order chi connectivity index (χ0) is 13.3. The van der Waals surface area contributed by atoms with E-state index in [0.717, 1.165) is 19.3 Å². The van der Waals surface area contributed by atoms with Crippen molar-refractivity contribution in [2.24, 2.45) is 13.0 Å². The van der Waals surface area contributed by atoms with Crippen LogP contribution in [0.15, 0.2) is 0 Å². The molecule has 0 saturated heterocycles. The van der Waals surface area contributed by atoms with Crippen LogP contribution in [0, 0.1) is 12.8 Å². The van der Waals surface area contributed by atoms with Crippen molar-refractivity contribution < 1.29 is 9.90 Å². The van der Waals surface area contributed by atoms with E-state index in [1.54, 1.807) is 14.0 Å². The van der Waals surface area contributed by atoms with Crippen molar-refractivity contribution in [3.05, 3.63) is 11.4 Å². The molecular weight excluding hydrogens is 232 g/mol. The molecule has 0 aliphatic heterocycles. The molecule has 4 N–H and O–H groups in total. The molecule has 0 aromatic carbocycles. The molecule has 100 valence electrons. The van der Waals surface area contributed by atoms with E-state index in [1.807, 2.05) is 0 Å². The summed E-state index contributed by atoms with van der Waals surface area (Å²) in [5.41, 5.74) is 7.33. The first-order chi connectivity index (χ1) is 8.49. The molecule has 2 rings (SSSR count). The summed E-state index contributed by atoms with van der Waals surface area (Å²) < 4.78 is 1.50. The Morgan fingerprint density at radius 1 is 1.61 bits per heavy atom. The normalized spacial score (nSPS) is 23.3. The Balaban J connectivity index is 1.95. The van der Waals surface area contributed by atoms with E-state index >= 15 is 0 Å². The van der Waals surface area contributed by atoms with Gasteiger partial charge in [-0.3, -0.25) is 9.48 Å². The van der Waals surface area contributed by atoms with Crippen LogP contribution in [-0.4, -0.2) is 33.4 Å². The van der Waals surface area contributed by atoms with Gasteiger partial charge in [-0.25, -0.2) is 0 Å². The highest BCUT2D eigenvalue weighted by Gasteiger charge is 2.24. The van der Waals surface area contributed by atoms with Gasteiger partial charge in [-0.1, -0.05) is 0 Å². The molecule has 0 radical (unpaired) electrons. The van der Waals surface area contributed by atoms with Gasteiger partial charge in [0.05, 0.1) is 17.5 Å². The molecule has 18 heavy (non-hydrogen) atoms. The lowest BCUT2D eigenvalue weighted by atomic mass is 10.1. The van der Waals surface area contributed by atoms with E-state index in [4.69, 9.17) is 5.73 Å². The fraction of sp³-hybridized carbons (Fsp3) is 0.667. The minimum absolute atomic E-state index is 0.197. The van der Waals surface area contributed by atoms with Crippen molar-refractivity contribution in [3.63, 3.8) is 0 Å². The Morgan fingerprint density at radius 2 is 2.33 bits per heavy atom. The van der Waals surface area contributed by atoms with Crippen LogP contribution in [0.3, 0.4) is 0 Å². The topological polar surface area (TPSA) is 93.2 Å². The van der Waals surface area contributed by atoms with Crippen LogP contribution in [-0.2, 0) is 7.05 Å². The van der Waals surface area contributed by atoms with Crippen molar-refractivity contribution in [2.75, 3.05) is 12.3 Å². The average molecular weight is 252 g/mol. The average Bonchev–Trinajstić information content (AvgIpc) is 2.82. The zero-order valence-electron chi connectivity index (χ0n) is 10.8. The maximum Gasteiger partial charge on any atom is 0.271 e. The monoisotopic (exact) mass is 252 g/mol. The maximum atomic E-state index is 12.0. The first-order valence-corrected chi connectivity index (χ1v) is 6.24. The van der Waals surface area contributed by atoms with Gasteiger partial charge in [0.25, 0.3) is 5.91 Å². The van der Waals surface area contributed by atoms with Gasteiger partial charge >= 0.3 is 0 Å². The fourth-order valence-corrected chi connectivity index (χ4v) is 2.50. The number of aryl methyl sites for hydroxylation is 2. The van der Waals surface area contributed by atoms with Crippen molar-refractivity contribution in [1.82, 2.24) is 15.1 Å². The molecule has 1 fully saturated rings. The second-order valence-corrected chi connectivity index (χ2v) is 5.01. The summed E-state index contributed by atoms with van der Waals surface area (Å²) in [6.45, 7) is 2.36. The Hall–Kier alpha value is -1.56. The van der Waals surface area contributed by atoms with Crippen LogP contribution < -0.4 is 11.1 Å². The second-order valence-electron chi connectivity index (χ2n) is 5.01. The zero-order valence-corrected chi connectivity index (χ0v) is 10.8. The summed E-state index contributed by atoms with van der Waals surface area (Å²) >= 11 is 0. The lowest BCUT2D eigenvalue weighted by Crippen LogP contribution is -2.30. The second kappa shape index (κ2) is 4.97. The van der Waals surface area contributed by atoms with Gasteiger partial charge in [0.2, 0.25) is 0 Å². The third-order valence-electron chi connectivity index (χ3n) is 3.55. The molecule has 1 aromatic heterocycles. The van der Waals surface area contributed by atoms with Crippen molar-refractivity contribution in [2.45, 2.75) is 32.3 Å². The van der Waals surface area contributed by atoms with Crippen LogP contribution in [0.4, 0.5) is 5.69 Å². The first-order valence-electron chi connectivity index (χ1n) is 6.24. The van der Waals surface area contributed by atoms with Gasteiger partial charge in [0, 0.05) is 13.6 Å². The minimum Gasteiger partial charge on any atom is -0.395 e. The summed E-state index contributed by atoms with van der Waals surface area (Å²) in [7, 11) is 1.71. The fourth-order valence-electron chi connectivity index (χ4n) is 2.50. The molecule has 6 nitrogen and oxygen atoms in total. The van der Waals surface area contributed by atoms with Crippen LogP contribution in [0.1, 0.15) is 35.4 Å². The molecule has 1 amide bonds. The quantitative estimate of drug-likeness (QED) is 0.716. The molecule has 6 heteroatoms. The lowest BCUT2D eigenvalue weighted by molar-refractivity contribution is 0.0936. The number of hydrogen-bond acceptors (Lipinski definition) is 4. The standard InChI is InChI=1S/C12H20N4O2/c1-7-10(13)11(16(2)15-7)12(18)14-6-8-3-4-9(17)5-8/h8-9,17H,3-6,13H2,1-2H3,(H,14,18). The first kappa shape index (κ1) is 12.9. The number of anilines is 1. The molecule has 1 aromatic rings. The van der Waals surface area contributed by atoms with Gasteiger partial charge in [-0.05, 0) is 32.1 Å². The highest BCUT2D eigenvalue weighted by molar-refractivity contribution is 5.97. The van der Waals surface area contributed by atoms with Crippen LogP contribution in [0.25, 0.3) is 0 Å². The third-order valence-corrected chi connectivity index (χ3v) is 3.55. The van der Waals surface area contributed by atoms with Crippen LogP contribution >= 0.6 is 0 Å². The summed E-state index contributed by atoms with van der Waals surface area (Å²) in [4.78, 5) is 12.0. The number of carbonyl (C=O) groups excluding carboxylic acids is 1. The van der Waals surface area contributed by atoms with Crippen molar-refractivity contribution in [3.8, 4) is 0 Å². The van der Waals surface area contributed by atoms with E-state index in [1.165, 1.54) is 4.68 Å². The smallest absolute Gasteiger partial charge is 0.271 e. The number of carbonyl (C=O) groups is 1. The number of amides is 1. The van der Waals surface area contributed by atoms with Gasteiger partial charge in [0.15, 0.2) is 0 Å². The van der Waals surface area contributed by atoms with Gasteiger partial charge in [-0.2, -0.15) is 5.10 Å². The van der Waals surface area contributed by atoms with E-state index in [0.29, 0.717) is 29.5 Å². The summed E-state index contributed by atoms with van der Waals surface area (Å²) in [5, 5.41) is 16.4. The lowest BCUT2D eigenvalue weighted by Gasteiger charge is -2.11. The van der Waals surface area contributed by atoms with E-state index in [2.05, 4.69) is 10.4 Å². The predicted octanol–water partition coefficient (Wildman–Crippen LogP) is 0.202. The molecule has 1 aliphatic rings. The van der Waals surface area contributed by atoms with E-state index in [9.17, 15) is 9.90 Å². The molecule has 1 aliphatic carbocycles. The van der Waals surface area contributed by atoms with Crippen LogP contribution in [0.2, 0.25) is 0 Å². The van der Waals surface area contributed by atoms with Gasteiger partial charge in [0.1, 0.15) is 5.69 Å². The molecular formula is C12H20N4O2. The Labute approximate surface area is 106 Å². The number of hydrogen-bond donors (Lipinski definition) is 3. The number of nitrogens with one attached hydrogen (secondary N) is 1. The molecule has 0 bridgehead atoms. The Morgan fingerprint density at radius 3 is 2.83 bits per heavy atom. The molecule has 2 atom stereocenters. The number of aromatic nitrogens is 2. The highest BCUT2D eigenvalue weighted by atomic mass is 16.3. The van der Waals surface area contributed by atoms with Gasteiger partial charge in [-0.15, -0.1) is 0 Å². The number of nitrogens with zero attached hydrogens (tertiary/aromatic N) is 2. The highest BCUT2D eigenvalue weighted by Crippen LogP contribution is 2.24. The number of aliphatic hydroxyl groups is 1. The Kier molecular flexibility index (Phi) is 3.56. The SMILES string of the molecule is Cc1nn(C)c(C(=O)NCC2CCC(O)C2)c1N. The van der Waals surface area contributed by atoms with Crippen molar-refractivity contribution >= 4 is 11.6 Å². The van der Waals surface area contributed by atoms with Gasteiger partial charge < -0.3 is 16.2 Å². The minimum atomic E-state index is -0.212. The number of aliphatic hydroxyl groups excluding tert-OH is 1. The number of nitrogens with two attached hydrogens (primary N) is 1. The molecule has 2 unspecified atom stereocenters. The predicted molar refractivity (Wildman–Crippen MR) is 68.0 cm³/mol. The van der Waals surface area contributed by atoms with Crippen molar-refractivity contribution in [1.29, 1.82) is 0 Å². The summed E-state index contributed by atoms with van der Waals surface area (Å²) in [5.74, 6) is 0.163. The molecule has 1 heterocycles. The largest absolute Gasteiger partial charge is 0.395 e. The summed E-state index contributed by atoms with van der Waals surface area (Å²) in [6, 6.07) is 0. The van der Waals surface area contributed by atoms with Crippen LogP contribution in [0.5, 0.6) is 0 Å². The number of rotatable bonds is 3. The molecule has 0 spiro atoms. The van der Waals surface area contributed by atoms with E-state index < -0.39 is 0 Å². The number of nitrogen functional groups attached to an aromatic ring is 1.